The van der Waals surface area contributed by atoms with Crippen LogP contribution in [0.1, 0.15) is 25.8 Å². The molecule has 1 aliphatic rings. The molecule has 0 spiro atoms. The number of nitrogens with two attached hydrogens (primary N) is 1. The molecule has 1 aromatic rings. The molecule has 168 valence electrons. The van der Waals surface area contributed by atoms with Gasteiger partial charge in [-0.1, -0.05) is 13.8 Å². The van der Waals surface area contributed by atoms with Crippen LogP contribution in [-0.4, -0.2) is 69.3 Å². The summed E-state index contributed by atoms with van der Waals surface area (Å²) in [5, 5.41) is 0. The molecule has 1 heterocycles. The smallest absolute Gasteiger partial charge is 0.239 e. The van der Waals surface area contributed by atoms with Gasteiger partial charge in [-0.05, 0) is 30.0 Å². The number of carbonyl (C=O) groups is 1. The molecular weight excluding hydrogens is 417 g/mol. The Hall–Kier alpha value is -1.41. The van der Waals surface area contributed by atoms with E-state index in [1.165, 1.54) is 0 Å². The van der Waals surface area contributed by atoms with Crippen molar-refractivity contribution in [3.05, 3.63) is 17.7 Å². The zero-order valence-electron chi connectivity index (χ0n) is 18.0. The largest absolute Gasteiger partial charge is 0.493 e. The van der Waals surface area contributed by atoms with Gasteiger partial charge in [0.05, 0.1) is 27.4 Å². The molecule has 0 unspecified atom stereocenters. The first-order chi connectivity index (χ1) is 12.9. The van der Waals surface area contributed by atoms with Crippen LogP contribution in [0, 0.1) is 5.92 Å². The van der Waals surface area contributed by atoms with Gasteiger partial charge in [-0.25, -0.2) is 0 Å². The lowest BCUT2D eigenvalue weighted by molar-refractivity contribution is -0.134. The topological polar surface area (TPSA) is 77.3 Å². The molecule has 1 saturated heterocycles. The standard InChI is InChI=1S/C20H33N3O4.2ClH/c1-14(2)10-16(21)20(24)23-8-6-22(7-9-23)13-15-11-17(25-3)19(27-5)18(12-15)26-4;;/h11-12,14,16H,6-10,13,21H2,1-5H3;2*1H/t16-;;/m0../s1. The maximum Gasteiger partial charge on any atom is 0.239 e. The third-order valence-electron chi connectivity index (χ3n) is 4.86. The van der Waals surface area contributed by atoms with Gasteiger partial charge >= 0.3 is 0 Å². The Labute approximate surface area is 186 Å². The summed E-state index contributed by atoms with van der Waals surface area (Å²) in [6.45, 7) is 7.97. The SMILES string of the molecule is COc1cc(CN2CCN(C(=O)[C@@H](N)CC(C)C)CC2)cc(OC)c1OC.Cl.Cl. The number of piperazine rings is 1. The molecule has 1 atom stereocenters. The average molecular weight is 452 g/mol. The highest BCUT2D eigenvalue weighted by Gasteiger charge is 2.26. The maximum absolute atomic E-state index is 12.5. The van der Waals surface area contributed by atoms with Crippen LogP contribution >= 0.6 is 24.8 Å². The number of benzene rings is 1. The molecule has 1 aliphatic heterocycles. The monoisotopic (exact) mass is 451 g/mol. The minimum Gasteiger partial charge on any atom is -0.493 e. The van der Waals surface area contributed by atoms with E-state index < -0.39 is 6.04 Å². The van der Waals surface area contributed by atoms with Crippen molar-refractivity contribution < 1.29 is 19.0 Å². The van der Waals surface area contributed by atoms with Crippen molar-refractivity contribution in [3.8, 4) is 17.2 Å². The van der Waals surface area contributed by atoms with Crippen molar-refractivity contribution >= 4 is 30.7 Å². The molecule has 1 aromatic carbocycles. The Bertz CT molecular complexity index is 613. The normalized spacial score (nSPS) is 15.2. The lowest BCUT2D eigenvalue weighted by Crippen LogP contribution is -2.53. The molecular formula is C20H35Cl2N3O4. The fourth-order valence-corrected chi connectivity index (χ4v) is 3.45. The van der Waals surface area contributed by atoms with E-state index in [9.17, 15) is 4.79 Å². The van der Waals surface area contributed by atoms with Crippen LogP contribution in [0.4, 0.5) is 0 Å². The van der Waals surface area contributed by atoms with E-state index >= 15 is 0 Å². The first kappa shape index (κ1) is 27.6. The summed E-state index contributed by atoms with van der Waals surface area (Å²) in [6, 6.07) is 3.54. The minimum absolute atomic E-state index is 0. The molecule has 0 bridgehead atoms. The van der Waals surface area contributed by atoms with Crippen LogP contribution in [0.3, 0.4) is 0 Å². The van der Waals surface area contributed by atoms with E-state index in [4.69, 9.17) is 19.9 Å². The zero-order valence-corrected chi connectivity index (χ0v) is 19.6. The predicted octanol–water partition coefficient (Wildman–Crippen LogP) is 2.57. The van der Waals surface area contributed by atoms with Crippen LogP contribution in [0.2, 0.25) is 0 Å². The van der Waals surface area contributed by atoms with Crippen LogP contribution < -0.4 is 19.9 Å². The van der Waals surface area contributed by atoms with E-state index in [0.717, 1.165) is 31.6 Å². The predicted molar refractivity (Wildman–Crippen MR) is 120 cm³/mol. The number of halogens is 2. The third-order valence-corrected chi connectivity index (χ3v) is 4.86. The van der Waals surface area contributed by atoms with Gasteiger partial charge in [0.25, 0.3) is 0 Å². The number of ether oxygens (including phenoxy) is 3. The highest BCUT2D eigenvalue weighted by Crippen LogP contribution is 2.38. The summed E-state index contributed by atoms with van der Waals surface area (Å²) in [5.74, 6) is 2.39. The van der Waals surface area contributed by atoms with Gasteiger partial charge in [-0.15, -0.1) is 24.8 Å². The Morgan fingerprint density at radius 3 is 1.93 bits per heavy atom. The summed E-state index contributed by atoms with van der Waals surface area (Å²) in [7, 11) is 4.83. The Morgan fingerprint density at radius 1 is 1.00 bits per heavy atom. The fraction of sp³-hybridized carbons (Fsp3) is 0.650. The molecule has 0 aliphatic carbocycles. The van der Waals surface area contributed by atoms with E-state index in [0.29, 0.717) is 36.3 Å². The number of amides is 1. The summed E-state index contributed by atoms with van der Waals surface area (Å²) < 4.78 is 16.2. The minimum atomic E-state index is -0.397. The second-order valence-electron chi connectivity index (χ2n) is 7.37. The highest BCUT2D eigenvalue weighted by atomic mass is 35.5. The lowest BCUT2D eigenvalue weighted by atomic mass is 10.0. The van der Waals surface area contributed by atoms with Gasteiger partial charge in [0.2, 0.25) is 11.7 Å². The first-order valence-electron chi connectivity index (χ1n) is 9.45. The van der Waals surface area contributed by atoms with E-state index in [-0.39, 0.29) is 30.7 Å². The van der Waals surface area contributed by atoms with Gasteiger partial charge in [0, 0.05) is 32.7 Å². The molecule has 0 saturated carbocycles. The number of rotatable bonds is 8. The number of hydrogen-bond acceptors (Lipinski definition) is 6. The number of methoxy groups -OCH3 is 3. The maximum atomic E-state index is 12.5. The Balaban J connectivity index is 0.00000392. The van der Waals surface area contributed by atoms with Gasteiger partial charge in [-0.3, -0.25) is 9.69 Å². The summed E-state index contributed by atoms with van der Waals surface area (Å²) >= 11 is 0. The molecule has 1 amide bonds. The van der Waals surface area contributed by atoms with Crippen molar-refractivity contribution in [1.82, 2.24) is 9.80 Å². The van der Waals surface area contributed by atoms with Crippen molar-refractivity contribution in [2.75, 3.05) is 47.5 Å². The fourth-order valence-electron chi connectivity index (χ4n) is 3.45. The first-order valence-corrected chi connectivity index (χ1v) is 9.45. The average Bonchev–Trinajstić information content (AvgIpc) is 2.66. The molecule has 2 N–H and O–H groups in total. The molecule has 9 heteroatoms. The molecule has 2 rings (SSSR count). The summed E-state index contributed by atoms with van der Waals surface area (Å²) in [6.07, 6.45) is 0.727. The highest BCUT2D eigenvalue weighted by molar-refractivity contribution is 5.85. The van der Waals surface area contributed by atoms with Gasteiger partial charge in [-0.2, -0.15) is 0 Å². The second-order valence-corrected chi connectivity index (χ2v) is 7.37. The molecule has 1 fully saturated rings. The van der Waals surface area contributed by atoms with Crippen LogP contribution in [0.15, 0.2) is 12.1 Å². The molecule has 0 aromatic heterocycles. The van der Waals surface area contributed by atoms with E-state index in [1.54, 1.807) is 21.3 Å². The quantitative estimate of drug-likeness (QED) is 0.654. The Morgan fingerprint density at radius 2 is 1.52 bits per heavy atom. The lowest BCUT2D eigenvalue weighted by Gasteiger charge is -2.36. The van der Waals surface area contributed by atoms with Crippen molar-refractivity contribution in [2.24, 2.45) is 11.7 Å². The number of carbonyl (C=O) groups excluding carboxylic acids is 1. The zero-order chi connectivity index (χ0) is 20.0. The van der Waals surface area contributed by atoms with Crippen molar-refractivity contribution in [3.63, 3.8) is 0 Å². The van der Waals surface area contributed by atoms with E-state index in [2.05, 4.69) is 18.7 Å². The van der Waals surface area contributed by atoms with Gasteiger partial charge < -0.3 is 24.8 Å². The number of nitrogens with zero attached hydrogens (tertiary/aromatic N) is 2. The second kappa shape index (κ2) is 13.0. The van der Waals surface area contributed by atoms with Crippen LogP contribution in [0.5, 0.6) is 17.2 Å². The Kier molecular flexibility index (Phi) is 12.4. The van der Waals surface area contributed by atoms with Crippen LogP contribution in [-0.2, 0) is 11.3 Å². The van der Waals surface area contributed by atoms with Gasteiger partial charge in [0.15, 0.2) is 11.5 Å². The molecule has 0 radical (unpaired) electrons. The molecule has 7 nitrogen and oxygen atoms in total. The third kappa shape index (κ3) is 7.41. The van der Waals surface area contributed by atoms with Crippen LogP contribution in [0.25, 0.3) is 0 Å². The summed E-state index contributed by atoms with van der Waals surface area (Å²) in [5.41, 5.74) is 7.14. The molecule has 29 heavy (non-hydrogen) atoms. The summed E-state index contributed by atoms with van der Waals surface area (Å²) in [4.78, 5) is 16.7. The number of hydrogen-bond donors (Lipinski definition) is 1. The van der Waals surface area contributed by atoms with Gasteiger partial charge in [0.1, 0.15) is 0 Å². The van der Waals surface area contributed by atoms with Crippen molar-refractivity contribution in [1.29, 1.82) is 0 Å². The van der Waals surface area contributed by atoms with E-state index in [1.807, 2.05) is 17.0 Å². The van der Waals surface area contributed by atoms with Crippen molar-refractivity contribution in [2.45, 2.75) is 32.9 Å².